The largest absolute Gasteiger partial charge is 0.378 e. The maximum Gasteiger partial charge on any atom is 0.0697 e. The number of hydrogen-bond acceptors (Lipinski definition) is 2. The van der Waals surface area contributed by atoms with Gasteiger partial charge in [0.2, 0.25) is 0 Å². The van der Waals surface area contributed by atoms with Crippen LogP contribution >= 0.6 is 0 Å². The van der Waals surface area contributed by atoms with Gasteiger partial charge in [-0.1, -0.05) is 25.1 Å². The molecule has 0 radical (unpaired) electrons. The van der Waals surface area contributed by atoms with Gasteiger partial charge in [0.1, 0.15) is 0 Å². The highest BCUT2D eigenvalue weighted by atomic mass is 16.5. The van der Waals surface area contributed by atoms with Crippen LogP contribution in [0.4, 0.5) is 0 Å². The molecule has 1 aliphatic carbocycles. The third-order valence-corrected chi connectivity index (χ3v) is 4.66. The summed E-state index contributed by atoms with van der Waals surface area (Å²) in [5, 5.41) is 3.62. The normalized spacial score (nSPS) is 18.9. The lowest BCUT2D eigenvalue weighted by atomic mass is 9.74. The SMILES string of the molecule is CCNC(CC1(OC)CCC1)c1ccc(C)c(C)c1. The van der Waals surface area contributed by atoms with Gasteiger partial charge in [-0.25, -0.2) is 0 Å². The van der Waals surface area contributed by atoms with Crippen molar-refractivity contribution in [3.8, 4) is 0 Å². The van der Waals surface area contributed by atoms with Crippen molar-refractivity contribution in [2.45, 2.75) is 58.1 Å². The first-order chi connectivity index (χ1) is 9.10. The van der Waals surface area contributed by atoms with Crippen molar-refractivity contribution in [2.75, 3.05) is 13.7 Å². The number of nitrogens with one attached hydrogen (secondary N) is 1. The zero-order valence-electron chi connectivity index (χ0n) is 12.8. The zero-order chi connectivity index (χ0) is 13.9. The van der Waals surface area contributed by atoms with Crippen molar-refractivity contribution in [3.63, 3.8) is 0 Å². The Bertz CT molecular complexity index is 418. The molecule has 2 heteroatoms. The fourth-order valence-electron chi connectivity index (χ4n) is 2.97. The summed E-state index contributed by atoms with van der Waals surface area (Å²) in [5.41, 5.74) is 4.25. The molecule has 1 fully saturated rings. The summed E-state index contributed by atoms with van der Waals surface area (Å²) in [6.45, 7) is 7.53. The maximum absolute atomic E-state index is 5.79. The van der Waals surface area contributed by atoms with E-state index in [0.29, 0.717) is 6.04 Å². The summed E-state index contributed by atoms with van der Waals surface area (Å²) < 4.78 is 5.79. The fourth-order valence-corrected chi connectivity index (χ4v) is 2.97. The molecule has 1 unspecified atom stereocenters. The van der Waals surface area contributed by atoms with Crippen LogP contribution in [0.3, 0.4) is 0 Å². The molecule has 1 aromatic rings. The van der Waals surface area contributed by atoms with Crippen LogP contribution in [-0.2, 0) is 4.74 Å². The van der Waals surface area contributed by atoms with Crippen LogP contribution in [0.5, 0.6) is 0 Å². The quantitative estimate of drug-likeness (QED) is 0.838. The van der Waals surface area contributed by atoms with Gasteiger partial charge in [-0.2, -0.15) is 0 Å². The van der Waals surface area contributed by atoms with E-state index < -0.39 is 0 Å². The maximum atomic E-state index is 5.79. The van der Waals surface area contributed by atoms with Gasteiger partial charge in [0.25, 0.3) is 0 Å². The number of methoxy groups -OCH3 is 1. The van der Waals surface area contributed by atoms with Crippen LogP contribution in [0.1, 0.15) is 55.3 Å². The van der Waals surface area contributed by atoms with Crippen LogP contribution in [0.25, 0.3) is 0 Å². The van der Waals surface area contributed by atoms with Crippen molar-refractivity contribution < 1.29 is 4.74 Å². The summed E-state index contributed by atoms with van der Waals surface area (Å²) in [5.74, 6) is 0. The molecule has 2 nitrogen and oxygen atoms in total. The van der Waals surface area contributed by atoms with E-state index in [1.54, 1.807) is 0 Å². The van der Waals surface area contributed by atoms with Gasteiger partial charge < -0.3 is 10.1 Å². The highest BCUT2D eigenvalue weighted by Crippen LogP contribution is 2.42. The summed E-state index contributed by atoms with van der Waals surface area (Å²) in [7, 11) is 1.86. The molecule has 0 spiro atoms. The Balaban J connectivity index is 2.16. The summed E-state index contributed by atoms with van der Waals surface area (Å²) in [6.07, 6.45) is 4.80. The van der Waals surface area contributed by atoms with Crippen molar-refractivity contribution in [2.24, 2.45) is 0 Å². The predicted octanol–water partition coefficient (Wildman–Crippen LogP) is 3.91. The third-order valence-electron chi connectivity index (χ3n) is 4.66. The van der Waals surface area contributed by atoms with Crippen LogP contribution in [-0.4, -0.2) is 19.3 Å². The fraction of sp³-hybridized carbons (Fsp3) is 0.647. The highest BCUT2D eigenvalue weighted by Gasteiger charge is 2.39. The molecule has 0 bridgehead atoms. The molecule has 0 aromatic heterocycles. The third kappa shape index (κ3) is 3.18. The first kappa shape index (κ1) is 14.5. The molecule has 19 heavy (non-hydrogen) atoms. The van der Waals surface area contributed by atoms with Gasteiger partial charge in [0.15, 0.2) is 0 Å². The van der Waals surface area contributed by atoms with Crippen molar-refractivity contribution in [3.05, 3.63) is 34.9 Å². The van der Waals surface area contributed by atoms with E-state index in [4.69, 9.17) is 4.74 Å². The minimum absolute atomic E-state index is 0.117. The summed E-state index contributed by atoms with van der Waals surface area (Å²) >= 11 is 0. The first-order valence-electron chi connectivity index (χ1n) is 7.46. The molecule has 106 valence electrons. The van der Waals surface area contributed by atoms with Crippen molar-refractivity contribution in [1.82, 2.24) is 5.32 Å². The van der Waals surface area contributed by atoms with E-state index >= 15 is 0 Å². The summed E-state index contributed by atoms with van der Waals surface area (Å²) in [6, 6.07) is 7.22. The van der Waals surface area contributed by atoms with E-state index in [1.165, 1.54) is 36.0 Å². The Labute approximate surface area is 117 Å². The van der Waals surface area contributed by atoms with E-state index in [2.05, 4.69) is 44.3 Å². The Hall–Kier alpha value is -0.860. The lowest BCUT2D eigenvalue weighted by Gasteiger charge is -2.43. The van der Waals surface area contributed by atoms with Gasteiger partial charge in [-0.05, 0) is 62.8 Å². The van der Waals surface area contributed by atoms with E-state index in [1.807, 2.05) is 7.11 Å². The Morgan fingerprint density at radius 1 is 1.26 bits per heavy atom. The zero-order valence-corrected chi connectivity index (χ0v) is 12.8. The molecule has 1 saturated carbocycles. The van der Waals surface area contributed by atoms with Crippen LogP contribution in [0.2, 0.25) is 0 Å². The molecule has 1 N–H and O–H groups in total. The van der Waals surface area contributed by atoms with Crippen molar-refractivity contribution in [1.29, 1.82) is 0 Å². The first-order valence-corrected chi connectivity index (χ1v) is 7.46. The lowest BCUT2D eigenvalue weighted by Crippen LogP contribution is -2.42. The molecule has 0 heterocycles. The Kier molecular flexibility index (Phi) is 4.64. The number of ether oxygens (including phenoxy) is 1. The van der Waals surface area contributed by atoms with Gasteiger partial charge in [-0.15, -0.1) is 0 Å². The molecular weight excluding hydrogens is 234 g/mol. The molecule has 0 amide bonds. The standard InChI is InChI=1S/C17H27NO/c1-5-18-16(12-17(19-4)9-6-10-17)15-8-7-13(2)14(3)11-15/h7-8,11,16,18H,5-6,9-10,12H2,1-4H3. The molecule has 1 aromatic carbocycles. The number of hydrogen-bond donors (Lipinski definition) is 1. The minimum Gasteiger partial charge on any atom is -0.378 e. The van der Waals surface area contributed by atoms with Gasteiger partial charge in [0.05, 0.1) is 5.60 Å². The summed E-state index contributed by atoms with van der Waals surface area (Å²) in [4.78, 5) is 0. The molecule has 0 aliphatic heterocycles. The van der Waals surface area contributed by atoms with E-state index in [0.717, 1.165) is 13.0 Å². The van der Waals surface area contributed by atoms with Gasteiger partial charge in [-0.3, -0.25) is 0 Å². The van der Waals surface area contributed by atoms with Crippen molar-refractivity contribution >= 4 is 0 Å². The highest BCUT2D eigenvalue weighted by molar-refractivity contribution is 5.32. The molecule has 1 atom stereocenters. The molecular formula is C17H27NO. The van der Waals surface area contributed by atoms with E-state index in [-0.39, 0.29) is 5.60 Å². The second-order valence-electron chi connectivity index (χ2n) is 5.90. The van der Waals surface area contributed by atoms with Crippen LogP contribution in [0, 0.1) is 13.8 Å². The predicted molar refractivity (Wildman–Crippen MR) is 80.5 cm³/mol. The Morgan fingerprint density at radius 2 is 2.00 bits per heavy atom. The number of aryl methyl sites for hydroxylation is 2. The topological polar surface area (TPSA) is 21.3 Å². The van der Waals surface area contributed by atoms with Gasteiger partial charge >= 0.3 is 0 Å². The minimum atomic E-state index is 0.117. The second kappa shape index (κ2) is 6.06. The van der Waals surface area contributed by atoms with Crippen LogP contribution < -0.4 is 5.32 Å². The Morgan fingerprint density at radius 3 is 2.47 bits per heavy atom. The molecule has 2 rings (SSSR count). The van der Waals surface area contributed by atoms with Crippen LogP contribution in [0.15, 0.2) is 18.2 Å². The van der Waals surface area contributed by atoms with E-state index in [9.17, 15) is 0 Å². The monoisotopic (exact) mass is 261 g/mol. The number of benzene rings is 1. The smallest absolute Gasteiger partial charge is 0.0697 e. The average molecular weight is 261 g/mol. The lowest BCUT2D eigenvalue weighted by molar-refractivity contribution is -0.0837. The second-order valence-corrected chi connectivity index (χ2v) is 5.90. The number of rotatable bonds is 6. The average Bonchev–Trinajstić information content (AvgIpc) is 2.36. The molecule has 1 aliphatic rings. The molecule has 0 saturated heterocycles. The van der Waals surface area contributed by atoms with Gasteiger partial charge in [0, 0.05) is 13.2 Å².